The Kier molecular flexibility index (Phi) is 2.31. The minimum Gasteiger partial charge on any atom is -0.377 e. The molecule has 0 bridgehead atoms. The molecule has 1 heterocycles. The lowest BCUT2D eigenvalue weighted by Gasteiger charge is -2.05. The Morgan fingerprint density at radius 1 is 1.60 bits per heavy atom. The van der Waals surface area contributed by atoms with Crippen LogP contribution >= 0.6 is 0 Å². The minimum atomic E-state index is -2.83. The van der Waals surface area contributed by atoms with Crippen molar-refractivity contribution in [3.05, 3.63) is 0 Å². The van der Waals surface area contributed by atoms with Crippen molar-refractivity contribution in [1.29, 1.82) is 0 Å². The Bertz CT molecular complexity index is 189. The predicted octanol–water partition coefficient (Wildman–Crippen LogP) is 0.210. The van der Waals surface area contributed by atoms with Gasteiger partial charge >= 0.3 is 0 Å². The van der Waals surface area contributed by atoms with Crippen LogP contribution in [0.3, 0.4) is 0 Å². The van der Waals surface area contributed by atoms with Crippen molar-refractivity contribution in [3.8, 4) is 0 Å². The number of ether oxygens (including phenoxy) is 1. The van der Waals surface area contributed by atoms with E-state index < -0.39 is 9.84 Å². The molecule has 3 nitrogen and oxygen atoms in total. The fourth-order valence-corrected chi connectivity index (χ4v) is 2.05. The first-order valence-electron chi connectivity index (χ1n) is 3.37. The molecule has 0 N–H and O–H groups in total. The lowest BCUT2D eigenvalue weighted by molar-refractivity contribution is 0.127. The van der Waals surface area contributed by atoms with Gasteiger partial charge in [0.2, 0.25) is 0 Å². The van der Waals surface area contributed by atoms with E-state index in [0.29, 0.717) is 0 Å². The van der Waals surface area contributed by atoms with Crippen molar-refractivity contribution in [3.63, 3.8) is 0 Å². The van der Waals surface area contributed by atoms with E-state index in [-0.39, 0.29) is 11.9 Å². The number of rotatable bonds is 2. The Morgan fingerprint density at radius 3 is 2.70 bits per heavy atom. The first kappa shape index (κ1) is 8.01. The maximum absolute atomic E-state index is 10.7. The number of sulfone groups is 1. The van der Waals surface area contributed by atoms with Crippen LogP contribution in [0.1, 0.15) is 12.8 Å². The van der Waals surface area contributed by atoms with Crippen LogP contribution in [-0.4, -0.2) is 33.1 Å². The zero-order chi connectivity index (χ0) is 7.61. The van der Waals surface area contributed by atoms with Crippen LogP contribution in [-0.2, 0) is 14.6 Å². The lowest BCUT2D eigenvalue weighted by Crippen LogP contribution is -2.18. The summed E-state index contributed by atoms with van der Waals surface area (Å²) in [6.07, 6.45) is 3.11. The van der Waals surface area contributed by atoms with Crippen LogP contribution in [0.25, 0.3) is 0 Å². The summed E-state index contributed by atoms with van der Waals surface area (Å²) in [5.74, 6) is 0.188. The molecule has 0 aliphatic carbocycles. The molecule has 1 atom stereocenters. The van der Waals surface area contributed by atoms with Crippen molar-refractivity contribution in [2.24, 2.45) is 0 Å². The second kappa shape index (κ2) is 2.88. The van der Waals surface area contributed by atoms with E-state index in [9.17, 15) is 8.42 Å². The predicted molar refractivity (Wildman–Crippen MR) is 38.7 cm³/mol. The van der Waals surface area contributed by atoms with Gasteiger partial charge < -0.3 is 4.74 Å². The van der Waals surface area contributed by atoms with Crippen LogP contribution in [0, 0.1) is 0 Å². The molecule has 0 aromatic heterocycles. The SMILES string of the molecule is CS(=O)(=O)C[C@H]1CCCO1. The van der Waals surface area contributed by atoms with E-state index in [1.54, 1.807) is 0 Å². The average molecular weight is 164 g/mol. The molecule has 0 radical (unpaired) electrons. The molecule has 0 unspecified atom stereocenters. The molecule has 0 amide bonds. The molecular weight excluding hydrogens is 152 g/mol. The fourth-order valence-electron chi connectivity index (χ4n) is 1.11. The van der Waals surface area contributed by atoms with E-state index >= 15 is 0 Å². The van der Waals surface area contributed by atoms with Gasteiger partial charge in [-0.2, -0.15) is 0 Å². The van der Waals surface area contributed by atoms with Gasteiger partial charge in [-0.15, -0.1) is 0 Å². The topological polar surface area (TPSA) is 43.4 Å². The minimum absolute atomic E-state index is 0.0324. The molecule has 1 aliphatic heterocycles. The highest BCUT2D eigenvalue weighted by atomic mass is 32.2. The quantitative estimate of drug-likeness (QED) is 0.586. The van der Waals surface area contributed by atoms with E-state index in [2.05, 4.69) is 0 Å². The van der Waals surface area contributed by atoms with Gasteiger partial charge in [-0.1, -0.05) is 0 Å². The van der Waals surface area contributed by atoms with E-state index in [0.717, 1.165) is 19.4 Å². The molecule has 0 spiro atoms. The van der Waals surface area contributed by atoms with Gasteiger partial charge in [0.15, 0.2) is 0 Å². The van der Waals surface area contributed by atoms with Crippen molar-refractivity contribution >= 4 is 9.84 Å². The van der Waals surface area contributed by atoms with Gasteiger partial charge in [0.05, 0.1) is 11.9 Å². The summed E-state index contributed by atoms with van der Waals surface area (Å²) < 4.78 is 26.6. The summed E-state index contributed by atoms with van der Waals surface area (Å²) >= 11 is 0. The summed E-state index contributed by atoms with van der Waals surface area (Å²) in [7, 11) is -2.83. The van der Waals surface area contributed by atoms with Crippen molar-refractivity contribution in [2.45, 2.75) is 18.9 Å². The standard InChI is InChI=1S/C6H12O3S/c1-10(7,8)5-6-3-2-4-9-6/h6H,2-5H2,1H3/t6-/m1/s1. The van der Waals surface area contributed by atoms with E-state index in [1.807, 2.05) is 0 Å². The molecule has 1 aliphatic rings. The Labute approximate surface area is 61.3 Å². The maximum Gasteiger partial charge on any atom is 0.149 e. The van der Waals surface area contributed by atoms with Crippen molar-refractivity contribution in [2.75, 3.05) is 18.6 Å². The maximum atomic E-state index is 10.7. The zero-order valence-electron chi connectivity index (χ0n) is 6.04. The summed E-state index contributed by atoms with van der Waals surface area (Å²) in [4.78, 5) is 0. The lowest BCUT2D eigenvalue weighted by atomic mass is 10.3. The molecule has 0 aromatic rings. The smallest absolute Gasteiger partial charge is 0.149 e. The van der Waals surface area contributed by atoms with E-state index in [4.69, 9.17) is 4.74 Å². The van der Waals surface area contributed by atoms with Crippen molar-refractivity contribution < 1.29 is 13.2 Å². The summed E-state index contributed by atoms with van der Waals surface area (Å²) in [5, 5.41) is 0. The Morgan fingerprint density at radius 2 is 2.30 bits per heavy atom. The van der Waals surface area contributed by atoms with Crippen LogP contribution in [0.5, 0.6) is 0 Å². The first-order valence-corrected chi connectivity index (χ1v) is 5.43. The van der Waals surface area contributed by atoms with Crippen LogP contribution in [0.2, 0.25) is 0 Å². The normalized spacial score (nSPS) is 27.1. The number of hydrogen-bond acceptors (Lipinski definition) is 3. The molecule has 1 rings (SSSR count). The third-order valence-corrected chi connectivity index (χ3v) is 2.49. The van der Waals surface area contributed by atoms with Gasteiger partial charge in [-0.05, 0) is 12.8 Å². The Balaban J connectivity index is 2.38. The largest absolute Gasteiger partial charge is 0.377 e. The van der Waals surface area contributed by atoms with Crippen LogP contribution < -0.4 is 0 Å². The van der Waals surface area contributed by atoms with Gasteiger partial charge in [-0.25, -0.2) is 8.42 Å². The zero-order valence-corrected chi connectivity index (χ0v) is 6.86. The highest BCUT2D eigenvalue weighted by molar-refractivity contribution is 7.90. The fraction of sp³-hybridized carbons (Fsp3) is 1.00. The molecule has 0 saturated carbocycles. The average Bonchev–Trinajstić information content (AvgIpc) is 2.12. The van der Waals surface area contributed by atoms with Crippen LogP contribution in [0.15, 0.2) is 0 Å². The molecular formula is C6H12O3S. The summed E-state index contributed by atoms with van der Waals surface area (Å²) in [5.41, 5.74) is 0. The highest BCUT2D eigenvalue weighted by Gasteiger charge is 2.19. The van der Waals surface area contributed by atoms with Gasteiger partial charge in [0.1, 0.15) is 9.84 Å². The molecule has 1 fully saturated rings. The second-order valence-corrected chi connectivity index (χ2v) is 4.91. The number of hydrogen-bond donors (Lipinski definition) is 0. The van der Waals surface area contributed by atoms with E-state index in [1.165, 1.54) is 6.26 Å². The summed E-state index contributed by atoms with van der Waals surface area (Å²) in [6.45, 7) is 0.722. The summed E-state index contributed by atoms with van der Waals surface area (Å²) in [6, 6.07) is 0. The van der Waals surface area contributed by atoms with Gasteiger partial charge in [0.25, 0.3) is 0 Å². The molecule has 0 aromatic carbocycles. The molecule has 4 heteroatoms. The van der Waals surface area contributed by atoms with Gasteiger partial charge in [-0.3, -0.25) is 0 Å². The van der Waals surface area contributed by atoms with Gasteiger partial charge in [0, 0.05) is 12.9 Å². The second-order valence-electron chi connectivity index (χ2n) is 2.73. The van der Waals surface area contributed by atoms with Crippen LogP contribution in [0.4, 0.5) is 0 Å². The Hall–Kier alpha value is -0.0900. The molecule has 60 valence electrons. The third-order valence-electron chi connectivity index (χ3n) is 1.51. The molecule has 10 heavy (non-hydrogen) atoms. The first-order chi connectivity index (χ1) is 4.58. The molecule has 1 saturated heterocycles. The van der Waals surface area contributed by atoms with Crippen molar-refractivity contribution in [1.82, 2.24) is 0 Å². The monoisotopic (exact) mass is 164 g/mol. The highest BCUT2D eigenvalue weighted by Crippen LogP contribution is 2.12. The third kappa shape index (κ3) is 2.66.